The molecule has 0 bridgehead atoms. The number of carboxylic acid groups (broad SMARTS) is 1. The van der Waals surface area contributed by atoms with E-state index in [-0.39, 0.29) is 11.3 Å². The van der Waals surface area contributed by atoms with Crippen molar-refractivity contribution in [2.45, 2.75) is 0 Å². The Morgan fingerprint density at radius 1 is 1.05 bits per heavy atom. The molecule has 4 N–H and O–H groups in total. The molecule has 0 saturated heterocycles. The number of amides is 1. The Kier molecular flexibility index (Phi) is 3.84. The quantitative estimate of drug-likeness (QED) is 0.758. The molecule has 2 aromatic rings. The highest BCUT2D eigenvalue weighted by Gasteiger charge is 2.17. The predicted molar refractivity (Wildman–Crippen MR) is 72.1 cm³/mol. The van der Waals surface area contributed by atoms with Gasteiger partial charge in [0.05, 0.1) is 11.3 Å². The first kappa shape index (κ1) is 14.4. The molecular formula is C14H10F2N2O3. The van der Waals surface area contributed by atoms with Crippen molar-refractivity contribution >= 4 is 23.3 Å². The summed E-state index contributed by atoms with van der Waals surface area (Å²) in [4.78, 5) is 22.9. The molecule has 1 amide bonds. The van der Waals surface area contributed by atoms with Gasteiger partial charge in [-0.05, 0) is 30.3 Å². The Labute approximate surface area is 118 Å². The van der Waals surface area contributed by atoms with Crippen molar-refractivity contribution in [2.75, 3.05) is 11.1 Å². The number of benzene rings is 2. The second-order valence-corrected chi connectivity index (χ2v) is 4.19. The molecule has 0 fully saturated rings. The highest BCUT2D eigenvalue weighted by atomic mass is 19.2. The van der Waals surface area contributed by atoms with E-state index in [2.05, 4.69) is 5.32 Å². The summed E-state index contributed by atoms with van der Waals surface area (Å²) in [7, 11) is 0. The summed E-state index contributed by atoms with van der Waals surface area (Å²) < 4.78 is 26.3. The lowest BCUT2D eigenvalue weighted by Crippen LogP contribution is -2.15. The molecule has 0 saturated carbocycles. The van der Waals surface area contributed by atoms with Crippen LogP contribution in [0, 0.1) is 11.6 Å². The molecule has 108 valence electrons. The second kappa shape index (κ2) is 5.58. The van der Waals surface area contributed by atoms with Gasteiger partial charge in [-0.2, -0.15) is 0 Å². The standard InChI is InChI=1S/C14H10F2N2O3/c15-10-5-9(14(20)21)12(6-11(10)16)18-13(19)7-1-3-8(17)4-2-7/h1-6H,17H2,(H,18,19)(H,20,21). The molecule has 0 spiro atoms. The van der Waals surface area contributed by atoms with Crippen LogP contribution in [0.1, 0.15) is 20.7 Å². The topological polar surface area (TPSA) is 92.4 Å². The monoisotopic (exact) mass is 292 g/mol. The molecule has 5 nitrogen and oxygen atoms in total. The lowest BCUT2D eigenvalue weighted by atomic mass is 10.1. The minimum absolute atomic E-state index is 0.199. The third kappa shape index (κ3) is 3.14. The number of carbonyl (C=O) groups excluding carboxylic acids is 1. The SMILES string of the molecule is Nc1ccc(C(=O)Nc2cc(F)c(F)cc2C(=O)O)cc1. The van der Waals surface area contributed by atoms with Gasteiger partial charge in [0.15, 0.2) is 11.6 Å². The summed E-state index contributed by atoms with van der Waals surface area (Å²) in [6.45, 7) is 0. The Morgan fingerprint density at radius 3 is 2.19 bits per heavy atom. The van der Waals surface area contributed by atoms with Gasteiger partial charge in [-0.1, -0.05) is 0 Å². The van der Waals surface area contributed by atoms with Gasteiger partial charge in [-0.25, -0.2) is 13.6 Å². The molecule has 2 rings (SSSR count). The van der Waals surface area contributed by atoms with Gasteiger partial charge in [0.2, 0.25) is 0 Å². The number of rotatable bonds is 3. The summed E-state index contributed by atoms with van der Waals surface area (Å²) in [5.74, 6) is -4.71. The van der Waals surface area contributed by atoms with Gasteiger partial charge in [0.1, 0.15) is 0 Å². The normalized spacial score (nSPS) is 10.2. The zero-order chi connectivity index (χ0) is 15.6. The highest BCUT2D eigenvalue weighted by Crippen LogP contribution is 2.21. The van der Waals surface area contributed by atoms with Crippen molar-refractivity contribution in [1.82, 2.24) is 0 Å². The van der Waals surface area contributed by atoms with E-state index >= 15 is 0 Å². The molecule has 0 aliphatic rings. The fourth-order valence-corrected chi connectivity index (χ4v) is 1.66. The van der Waals surface area contributed by atoms with Crippen LogP contribution in [-0.4, -0.2) is 17.0 Å². The van der Waals surface area contributed by atoms with Crippen LogP contribution in [0.2, 0.25) is 0 Å². The smallest absolute Gasteiger partial charge is 0.337 e. The number of carboxylic acids is 1. The number of nitrogens with one attached hydrogen (secondary N) is 1. The molecule has 0 aliphatic carbocycles. The maximum Gasteiger partial charge on any atom is 0.337 e. The number of hydrogen-bond acceptors (Lipinski definition) is 3. The van der Waals surface area contributed by atoms with Crippen molar-refractivity contribution in [1.29, 1.82) is 0 Å². The van der Waals surface area contributed by atoms with Crippen LogP contribution >= 0.6 is 0 Å². The van der Waals surface area contributed by atoms with Gasteiger partial charge >= 0.3 is 5.97 Å². The molecule has 2 aromatic carbocycles. The zero-order valence-corrected chi connectivity index (χ0v) is 10.6. The lowest BCUT2D eigenvalue weighted by Gasteiger charge is -2.09. The van der Waals surface area contributed by atoms with E-state index in [0.717, 1.165) is 0 Å². The molecule has 0 aromatic heterocycles. The molecule has 0 unspecified atom stereocenters. The average Bonchev–Trinajstić information content (AvgIpc) is 2.43. The molecular weight excluding hydrogens is 282 g/mol. The Morgan fingerprint density at radius 2 is 1.62 bits per heavy atom. The van der Waals surface area contributed by atoms with E-state index < -0.39 is 29.1 Å². The zero-order valence-electron chi connectivity index (χ0n) is 10.6. The minimum Gasteiger partial charge on any atom is -0.478 e. The van der Waals surface area contributed by atoms with Crippen LogP contribution < -0.4 is 11.1 Å². The fourth-order valence-electron chi connectivity index (χ4n) is 1.66. The molecule has 0 heterocycles. The van der Waals surface area contributed by atoms with Gasteiger partial charge in [-0.15, -0.1) is 0 Å². The number of carbonyl (C=O) groups is 2. The number of anilines is 2. The number of hydrogen-bond donors (Lipinski definition) is 3. The molecule has 0 atom stereocenters. The van der Waals surface area contributed by atoms with Gasteiger partial charge in [0, 0.05) is 17.3 Å². The second-order valence-electron chi connectivity index (χ2n) is 4.19. The number of nitrogens with two attached hydrogens (primary N) is 1. The number of halogens is 2. The van der Waals surface area contributed by atoms with Crippen LogP contribution in [0.4, 0.5) is 20.2 Å². The van der Waals surface area contributed by atoms with E-state index in [9.17, 15) is 18.4 Å². The maximum absolute atomic E-state index is 13.2. The van der Waals surface area contributed by atoms with Crippen LogP contribution in [0.15, 0.2) is 36.4 Å². The Bertz CT molecular complexity index is 715. The summed E-state index contributed by atoms with van der Waals surface area (Å²) in [5.41, 5.74) is 5.25. The summed E-state index contributed by atoms with van der Waals surface area (Å²) in [6.07, 6.45) is 0. The molecule has 7 heteroatoms. The van der Waals surface area contributed by atoms with Gasteiger partial charge in [-0.3, -0.25) is 4.79 Å². The fraction of sp³-hybridized carbons (Fsp3) is 0. The van der Waals surface area contributed by atoms with Crippen LogP contribution in [0.25, 0.3) is 0 Å². The van der Waals surface area contributed by atoms with Crippen molar-refractivity contribution < 1.29 is 23.5 Å². The van der Waals surface area contributed by atoms with Gasteiger partial charge < -0.3 is 16.2 Å². The maximum atomic E-state index is 13.2. The lowest BCUT2D eigenvalue weighted by molar-refractivity contribution is 0.0697. The first-order valence-corrected chi connectivity index (χ1v) is 5.77. The summed E-state index contributed by atoms with van der Waals surface area (Å²) in [5, 5.41) is 11.2. The minimum atomic E-state index is -1.48. The average molecular weight is 292 g/mol. The largest absolute Gasteiger partial charge is 0.478 e. The number of nitrogen functional groups attached to an aromatic ring is 1. The Hall–Kier alpha value is -2.96. The molecule has 0 aliphatic heterocycles. The van der Waals surface area contributed by atoms with Crippen LogP contribution in [-0.2, 0) is 0 Å². The van der Waals surface area contributed by atoms with E-state index in [1.165, 1.54) is 24.3 Å². The van der Waals surface area contributed by atoms with E-state index in [1.807, 2.05) is 0 Å². The van der Waals surface area contributed by atoms with E-state index in [4.69, 9.17) is 10.8 Å². The van der Waals surface area contributed by atoms with Crippen molar-refractivity contribution in [3.63, 3.8) is 0 Å². The van der Waals surface area contributed by atoms with E-state index in [0.29, 0.717) is 17.8 Å². The van der Waals surface area contributed by atoms with Crippen molar-refractivity contribution in [2.24, 2.45) is 0 Å². The summed E-state index contributed by atoms with van der Waals surface area (Å²) in [6, 6.07) is 6.94. The first-order chi connectivity index (χ1) is 9.88. The third-order valence-corrected chi connectivity index (χ3v) is 2.71. The highest BCUT2D eigenvalue weighted by molar-refractivity contribution is 6.07. The number of aromatic carboxylic acids is 1. The van der Waals surface area contributed by atoms with Gasteiger partial charge in [0.25, 0.3) is 5.91 Å². The first-order valence-electron chi connectivity index (χ1n) is 5.77. The predicted octanol–water partition coefficient (Wildman–Crippen LogP) is 2.50. The van der Waals surface area contributed by atoms with E-state index in [1.54, 1.807) is 0 Å². The van der Waals surface area contributed by atoms with Crippen molar-refractivity contribution in [3.8, 4) is 0 Å². The Balaban J connectivity index is 2.34. The summed E-state index contributed by atoms with van der Waals surface area (Å²) >= 11 is 0. The van der Waals surface area contributed by atoms with Crippen molar-refractivity contribution in [3.05, 3.63) is 59.2 Å². The molecule has 0 radical (unpaired) electrons. The molecule has 21 heavy (non-hydrogen) atoms. The third-order valence-electron chi connectivity index (χ3n) is 2.71. The van der Waals surface area contributed by atoms with Crippen LogP contribution in [0.3, 0.4) is 0 Å². The van der Waals surface area contributed by atoms with Crippen LogP contribution in [0.5, 0.6) is 0 Å².